The molecule has 1 fully saturated rings. The zero-order chi connectivity index (χ0) is 22.1. The standard InChI is InChI=1S/C17H26ClNO9/c1-9(2)13(20,21)14(22,19(3)4)12(10-5-7-11(18)8-6-10)15(23,24)17(27,28)16(12,25)26/h5-9,20-28H,1-4H3. The Bertz CT molecular complexity index is 727. The van der Waals surface area contributed by atoms with Gasteiger partial charge in [0.05, 0.1) is 0 Å². The summed E-state index contributed by atoms with van der Waals surface area (Å²) in [5.74, 6) is -16.1. The van der Waals surface area contributed by atoms with Crippen LogP contribution < -0.4 is 0 Å². The second-order valence-electron chi connectivity index (χ2n) is 7.72. The predicted octanol–water partition coefficient (Wildman–Crippen LogP) is -2.78. The Labute approximate surface area is 166 Å². The van der Waals surface area contributed by atoms with Gasteiger partial charge in [0.15, 0.2) is 11.1 Å². The first-order chi connectivity index (χ1) is 12.4. The van der Waals surface area contributed by atoms with Crippen LogP contribution in [0.3, 0.4) is 0 Å². The fourth-order valence-corrected chi connectivity index (χ4v) is 4.21. The molecule has 1 aliphatic carbocycles. The van der Waals surface area contributed by atoms with Crippen molar-refractivity contribution >= 4 is 11.6 Å². The van der Waals surface area contributed by atoms with E-state index in [2.05, 4.69) is 0 Å². The molecule has 1 unspecified atom stereocenters. The molecule has 0 saturated heterocycles. The highest BCUT2D eigenvalue weighted by Gasteiger charge is 2.97. The number of likely N-dealkylation sites (N-methyl/N-ethyl adjacent to an activating group) is 1. The molecule has 0 radical (unpaired) electrons. The lowest BCUT2D eigenvalue weighted by atomic mass is 9.44. The normalized spacial score (nSPS) is 24.7. The van der Waals surface area contributed by atoms with Crippen molar-refractivity contribution in [1.29, 1.82) is 0 Å². The Balaban J connectivity index is 3.05. The van der Waals surface area contributed by atoms with Crippen molar-refractivity contribution in [2.24, 2.45) is 5.92 Å². The lowest BCUT2D eigenvalue weighted by molar-refractivity contribution is -0.603. The molecule has 1 atom stereocenters. The van der Waals surface area contributed by atoms with Gasteiger partial charge in [0.25, 0.3) is 5.79 Å². The number of hydrogen-bond acceptors (Lipinski definition) is 10. The van der Waals surface area contributed by atoms with Gasteiger partial charge in [-0.25, -0.2) is 0 Å². The second kappa shape index (κ2) is 6.30. The summed E-state index contributed by atoms with van der Waals surface area (Å²) in [5, 5.41) is 95.7. The van der Waals surface area contributed by atoms with E-state index >= 15 is 0 Å². The largest absolute Gasteiger partial charge is 0.369 e. The third-order valence-corrected chi connectivity index (χ3v) is 6.04. The molecular formula is C17H26ClNO9. The SMILES string of the molecule is CC(C)C(O)(O)C(O)(N(C)C)C1(c2ccc(Cl)cc2)C(O)(O)C(O)(O)C1(O)O. The minimum atomic E-state index is -3.98. The highest BCUT2D eigenvalue weighted by molar-refractivity contribution is 6.30. The van der Waals surface area contributed by atoms with E-state index in [1.165, 1.54) is 26.0 Å². The molecule has 0 heterocycles. The fourth-order valence-electron chi connectivity index (χ4n) is 4.08. The van der Waals surface area contributed by atoms with Gasteiger partial charge in [0.2, 0.25) is 17.4 Å². The van der Waals surface area contributed by atoms with Crippen LogP contribution in [0.5, 0.6) is 0 Å². The Morgan fingerprint density at radius 1 is 0.821 bits per heavy atom. The van der Waals surface area contributed by atoms with Crippen molar-refractivity contribution in [1.82, 2.24) is 4.90 Å². The molecule has 1 aliphatic rings. The van der Waals surface area contributed by atoms with Crippen molar-refractivity contribution in [3.8, 4) is 0 Å². The Morgan fingerprint density at radius 3 is 1.54 bits per heavy atom. The molecule has 0 aromatic heterocycles. The van der Waals surface area contributed by atoms with E-state index in [0.29, 0.717) is 4.90 Å². The number of aliphatic hydroxyl groups is 9. The molecule has 1 aromatic rings. The van der Waals surface area contributed by atoms with Crippen LogP contribution in [0.15, 0.2) is 24.3 Å². The van der Waals surface area contributed by atoms with Gasteiger partial charge in [-0.1, -0.05) is 37.6 Å². The molecule has 1 saturated carbocycles. The summed E-state index contributed by atoms with van der Waals surface area (Å²) in [5.41, 5.74) is -7.04. The van der Waals surface area contributed by atoms with Crippen LogP contribution in [0.25, 0.3) is 0 Å². The third-order valence-electron chi connectivity index (χ3n) is 5.78. The highest BCUT2D eigenvalue weighted by Crippen LogP contribution is 2.68. The number of rotatable bonds is 5. The van der Waals surface area contributed by atoms with Crippen molar-refractivity contribution in [3.05, 3.63) is 34.9 Å². The fraction of sp³-hybridized carbons (Fsp3) is 0.647. The molecule has 160 valence electrons. The molecule has 1 aromatic carbocycles. The molecule has 0 amide bonds. The summed E-state index contributed by atoms with van der Waals surface area (Å²) < 4.78 is 0. The first-order valence-electron chi connectivity index (χ1n) is 8.33. The van der Waals surface area contributed by atoms with Gasteiger partial charge in [-0.15, -0.1) is 0 Å². The van der Waals surface area contributed by atoms with Crippen molar-refractivity contribution in [3.63, 3.8) is 0 Å². The molecule has 10 nitrogen and oxygen atoms in total. The molecule has 0 bridgehead atoms. The van der Waals surface area contributed by atoms with Gasteiger partial charge >= 0.3 is 0 Å². The monoisotopic (exact) mass is 423 g/mol. The highest BCUT2D eigenvalue weighted by atomic mass is 35.5. The number of benzene rings is 1. The summed E-state index contributed by atoms with van der Waals surface area (Å²) >= 11 is 5.82. The molecular weight excluding hydrogens is 398 g/mol. The molecule has 0 spiro atoms. The van der Waals surface area contributed by atoms with E-state index in [1.54, 1.807) is 0 Å². The Hall–Kier alpha value is -0.890. The number of halogens is 1. The Kier molecular flexibility index (Phi) is 5.26. The van der Waals surface area contributed by atoms with Gasteiger partial charge < -0.3 is 46.0 Å². The zero-order valence-electron chi connectivity index (χ0n) is 15.7. The summed E-state index contributed by atoms with van der Waals surface area (Å²) in [4.78, 5) is 0.708. The molecule has 9 N–H and O–H groups in total. The maximum Gasteiger partial charge on any atom is 0.276 e. The van der Waals surface area contributed by atoms with Crippen molar-refractivity contribution in [2.75, 3.05) is 14.1 Å². The summed E-state index contributed by atoms with van der Waals surface area (Å²) in [6.45, 7) is 2.53. The third kappa shape index (κ3) is 2.22. The van der Waals surface area contributed by atoms with Crippen LogP contribution >= 0.6 is 11.6 Å². The predicted molar refractivity (Wildman–Crippen MR) is 95.3 cm³/mol. The minimum Gasteiger partial charge on any atom is -0.369 e. The summed E-state index contributed by atoms with van der Waals surface area (Å²) in [6, 6.07) is 4.48. The molecule has 11 heteroatoms. The van der Waals surface area contributed by atoms with Gasteiger partial charge in [-0.2, -0.15) is 0 Å². The average Bonchev–Trinajstić information content (AvgIpc) is 2.55. The van der Waals surface area contributed by atoms with E-state index in [-0.39, 0.29) is 5.02 Å². The van der Waals surface area contributed by atoms with Gasteiger partial charge in [-0.05, 0) is 31.8 Å². The van der Waals surface area contributed by atoms with E-state index < -0.39 is 45.8 Å². The zero-order valence-corrected chi connectivity index (χ0v) is 16.5. The second-order valence-corrected chi connectivity index (χ2v) is 8.16. The number of hydrogen-bond donors (Lipinski definition) is 9. The van der Waals surface area contributed by atoms with E-state index in [4.69, 9.17) is 11.6 Å². The summed E-state index contributed by atoms with van der Waals surface area (Å²) in [6.07, 6.45) is 0. The topological polar surface area (TPSA) is 185 Å². The number of nitrogens with zero attached hydrogens (tertiary/aromatic N) is 1. The molecule has 28 heavy (non-hydrogen) atoms. The van der Waals surface area contributed by atoms with Crippen LogP contribution in [-0.2, 0) is 5.41 Å². The van der Waals surface area contributed by atoms with E-state index in [1.807, 2.05) is 0 Å². The maximum absolute atomic E-state index is 11.5. The van der Waals surface area contributed by atoms with Crippen LogP contribution in [0.1, 0.15) is 19.4 Å². The van der Waals surface area contributed by atoms with Crippen molar-refractivity contribution in [2.45, 2.75) is 48.1 Å². The van der Waals surface area contributed by atoms with Crippen LogP contribution in [0.2, 0.25) is 5.02 Å². The lowest BCUT2D eigenvalue weighted by Crippen LogP contribution is -3.01. The maximum atomic E-state index is 11.5. The average molecular weight is 424 g/mol. The van der Waals surface area contributed by atoms with E-state index in [0.717, 1.165) is 26.2 Å². The quantitative estimate of drug-likeness (QED) is 0.224. The first kappa shape index (κ1) is 23.4. The molecule has 0 aliphatic heterocycles. The van der Waals surface area contributed by atoms with Gasteiger partial charge in [0, 0.05) is 10.9 Å². The smallest absolute Gasteiger partial charge is 0.276 e. The van der Waals surface area contributed by atoms with Gasteiger partial charge in [-0.3, -0.25) is 4.90 Å². The minimum absolute atomic E-state index is 0.150. The Morgan fingerprint density at radius 2 is 1.21 bits per heavy atom. The van der Waals surface area contributed by atoms with Crippen LogP contribution in [-0.4, -0.2) is 93.8 Å². The van der Waals surface area contributed by atoms with E-state index in [9.17, 15) is 46.0 Å². The lowest BCUT2D eigenvalue weighted by Gasteiger charge is -2.73. The summed E-state index contributed by atoms with van der Waals surface area (Å²) in [7, 11) is 2.20. The van der Waals surface area contributed by atoms with Crippen LogP contribution in [0, 0.1) is 5.92 Å². The molecule has 2 rings (SSSR count). The van der Waals surface area contributed by atoms with Gasteiger partial charge in [0.1, 0.15) is 0 Å². The first-order valence-corrected chi connectivity index (χ1v) is 8.71. The van der Waals surface area contributed by atoms with Crippen molar-refractivity contribution < 1.29 is 46.0 Å². The van der Waals surface area contributed by atoms with Crippen LogP contribution in [0.4, 0.5) is 0 Å².